The quantitative estimate of drug-likeness (QED) is 0.526. The van der Waals surface area contributed by atoms with Gasteiger partial charge in [0.2, 0.25) is 0 Å². The highest BCUT2D eigenvalue weighted by Gasteiger charge is 2.31. The number of aryl methyl sites for hydroxylation is 1. The van der Waals surface area contributed by atoms with Crippen LogP contribution in [0.5, 0.6) is 5.75 Å². The molecule has 0 radical (unpaired) electrons. The molecule has 2 heterocycles. The van der Waals surface area contributed by atoms with Crippen LogP contribution in [-0.4, -0.2) is 16.6 Å². The van der Waals surface area contributed by atoms with E-state index in [1.807, 2.05) is 24.3 Å². The number of aromatic nitrogens is 2. The Balaban J connectivity index is 1.64. The molecule has 5 heteroatoms. The number of aromatic amines is 1. The van der Waals surface area contributed by atoms with Gasteiger partial charge in [0.05, 0.1) is 12.0 Å². The molecule has 0 spiro atoms. The van der Waals surface area contributed by atoms with Crippen LogP contribution in [0.25, 0.3) is 21.6 Å². The molecule has 0 fully saturated rings. The molecule has 29 heavy (non-hydrogen) atoms. The third-order valence-electron chi connectivity index (χ3n) is 6.04. The number of ether oxygens (including phenoxy) is 1. The van der Waals surface area contributed by atoms with Gasteiger partial charge < -0.3 is 9.72 Å². The van der Waals surface area contributed by atoms with Crippen molar-refractivity contribution in [3.8, 4) is 17.1 Å². The minimum Gasteiger partial charge on any atom is -0.494 e. The maximum atomic E-state index is 12.9. The number of rotatable bonds is 5. The number of fused-ring (bicyclic) bond motifs is 3. The van der Waals surface area contributed by atoms with Crippen LogP contribution < -0.4 is 10.3 Å². The zero-order valence-corrected chi connectivity index (χ0v) is 18.6. The lowest BCUT2D eigenvalue weighted by atomic mass is 9.72. The van der Waals surface area contributed by atoms with Crippen LogP contribution in [0.4, 0.5) is 0 Å². The first-order valence-corrected chi connectivity index (χ1v) is 11.5. The van der Waals surface area contributed by atoms with E-state index >= 15 is 0 Å². The molecule has 154 valence electrons. The first-order chi connectivity index (χ1) is 13.9. The van der Waals surface area contributed by atoms with E-state index in [0.29, 0.717) is 17.2 Å². The van der Waals surface area contributed by atoms with E-state index in [9.17, 15) is 4.79 Å². The Kier molecular flexibility index (Phi) is 5.52. The fraction of sp³-hybridized carbons (Fsp3) is 0.500. The first-order valence-electron chi connectivity index (χ1n) is 10.6. The van der Waals surface area contributed by atoms with E-state index < -0.39 is 0 Å². The summed E-state index contributed by atoms with van der Waals surface area (Å²) in [4.78, 5) is 23.0. The molecule has 1 unspecified atom stereocenters. The predicted octanol–water partition coefficient (Wildman–Crippen LogP) is 5.98. The van der Waals surface area contributed by atoms with Crippen molar-refractivity contribution in [1.82, 2.24) is 9.97 Å². The molecule has 1 aromatic carbocycles. The predicted molar refractivity (Wildman–Crippen MR) is 121 cm³/mol. The average molecular weight is 411 g/mol. The Morgan fingerprint density at radius 2 is 2.00 bits per heavy atom. The standard InChI is InChI=1S/C24H30N2O2S/c1-5-6-13-28-17-10-7-15(8-11-17)21-25-22(27)20-18-12-9-16(24(2,3)4)14-19(18)29-23(20)26-21/h7-8,10-11,16H,5-6,9,12-14H2,1-4H3,(H,25,26,27). The highest BCUT2D eigenvalue weighted by atomic mass is 32.1. The summed E-state index contributed by atoms with van der Waals surface area (Å²) in [5.41, 5.74) is 2.41. The highest BCUT2D eigenvalue weighted by molar-refractivity contribution is 7.18. The molecule has 0 bridgehead atoms. The van der Waals surface area contributed by atoms with Gasteiger partial charge >= 0.3 is 0 Å². The smallest absolute Gasteiger partial charge is 0.260 e. The molecule has 0 amide bonds. The van der Waals surface area contributed by atoms with Crippen molar-refractivity contribution < 1.29 is 4.74 Å². The Morgan fingerprint density at radius 1 is 1.24 bits per heavy atom. The van der Waals surface area contributed by atoms with Crippen molar-refractivity contribution in [1.29, 1.82) is 0 Å². The molecule has 4 nitrogen and oxygen atoms in total. The van der Waals surface area contributed by atoms with Gasteiger partial charge in [-0.05, 0) is 66.8 Å². The highest BCUT2D eigenvalue weighted by Crippen LogP contribution is 2.42. The lowest BCUT2D eigenvalue weighted by Crippen LogP contribution is -2.26. The summed E-state index contributed by atoms with van der Waals surface area (Å²) in [7, 11) is 0. The van der Waals surface area contributed by atoms with Crippen molar-refractivity contribution in [2.24, 2.45) is 11.3 Å². The van der Waals surface area contributed by atoms with E-state index in [0.717, 1.165) is 60.2 Å². The van der Waals surface area contributed by atoms with Gasteiger partial charge in [0, 0.05) is 10.4 Å². The fourth-order valence-corrected chi connectivity index (χ4v) is 5.40. The topological polar surface area (TPSA) is 55.0 Å². The molecule has 0 saturated heterocycles. The van der Waals surface area contributed by atoms with Crippen LogP contribution in [0.1, 0.15) is 57.4 Å². The van der Waals surface area contributed by atoms with Crippen molar-refractivity contribution in [2.45, 2.75) is 59.8 Å². The third-order valence-corrected chi connectivity index (χ3v) is 7.19. The second-order valence-electron chi connectivity index (χ2n) is 9.13. The molecular weight excluding hydrogens is 380 g/mol. The molecule has 1 N–H and O–H groups in total. The summed E-state index contributed by atoms with van der Waals surface area (Å²) in [5, 5.41) is 0.806. The summed E-state index contributed by atoms with van der Waals surface area (Å²) in [6.45, 7) is 9.82. The minimum atomic E-state index is -0.0139. The Labute approximate surface area is 176 Å². The van der Waals surface area contributed by atoms with Gasteiger partial charge in [0.1, 0.15) is 16.4 Å². The van der Waals surface area contributed by atoms with Gasteiger partial charge in [-0.15, -0.1) is 11.3 Å². The molecule has 3 aromatic rings. The molecule has 4 rings (SSSR count). The third kappa shape index (κ3) is 4.11. The minimum absolute atomic E-state index is 0.0139. The van der Waals surface area contributed by atoms with Gasteiger partial charge in [-0.1, -0.05) is 34.1 Å². The van der Waals surface area contributed by atoms with Crippen LogP contribution in [0.3, 0.4) is 0 Å². The molecular formula is C24H30N2O2S. The van der Waals surface area contributed by atoms with Gasteiger partial charge in [-0.25, -0.2) is 4.98 Å². The Morgan fingerprint density at radius 3 is 2.69 bits per heavy atom. The lowest BCUT2D eigenvalue weighted by Gasteiger charge is -2.33. The van der Waals surface area contributed by atoms with E-state index in [1.54, 1.807) is 11.3 Å². The van der Waals surface area contributed by atoms with Gasteiger partial charge in [0.25, 0.3) is 5.56 Å². The zero-order chi connectivity index (χ0) is 20.6. The summed E-state index contributed by atoms with van der Waals surface area (Å²) in [6, 6.07) is 7.83. The average Bonchev–Trinajstić information content (AvgIpc) is 3.06. The van der Waals surface area contributed by atoms with Crippen molar-refractivity contribution in [2.75, 3.05) is 6.61 Å². The summed E-state index contributed by atoms with van der Waals surface area (Å²) < 4.78 is 5.73. The lowest BCUT2D eigenvalue weighted by molar-refractivity contribution is 0.218. The van der Waals surface area contributed by atoms with Crippen LogP contribution >= 0.6 is 11.3 Å². The zero-order valence-electron chi connectivity index (χ0n) is 17.8. The number of benzene rings is 1. The fourth-order valence-electron chi connectivity index (χ4n) is 4.10. The summed E-state index contributed by atoms with van der Waals surface area (Å²) >= 11 is 1.70. The van der Waals surface area contributed by atoms with Crippen LogP contribution in [-0.2, 0) is 12.8 Å². The van der Waals surface area contributed by atoms with Crippen LogP contribution in [0.2, 0.25) is 0 Å². The normalized spacial score (nSPS) is 16.8. The van der Waals surface area contributed by atoms with Gasteiger partial charge in [-0.3, -0.25) is 4.79 Å². The number of nitrogens with one attached hydrogen (secondary N) is 1. The van der Waals surface area contributed by atoms with Crippen molar-refractivity contribution in [3.05, 3.63) is 45.1 Å². The van der Waals surface area contributed by atoms with Gasteiger partial charge in [-0.2, -0.15) is 0 Å². The number of thiophene rings is 1. The van der Waals surface area contributed by atoms with E-state index in [1.165, 1.54) is 10.4 Å². The number of unbranched alkanes of at least 4 members (excludes halogenated alkanes) is 1. The maximum absolute atomic E-state index is 12.9. The van der Waals surface area contributed by atoms with Gasteiger partial charge in [0.15, 0.2) is 0 Å². The van der Waals surface area contributed by atoms with Crippen LogP contribution in [0.15, 0.2) is 29.1 Å². The first kappa shape index (κ1) is 20.1. The van der Waals surface area contributed by atoms with E-state index in [2.05, 4.69) is 32.7 Å². The Hall–Kier alpha value is -2.14. The van der Waals surface area contributed by atoms with Crippen molar-refractivity contribution in [3.63, 3.8) is 0 Å². The van der Waals surface area contributed by atoms with Crippen molar-refractivity contribution >= 4 is 21.6 Å². The van der Waals surface area contributed by atoms with Crippen LogP contribution in [0, 0.1) is 11.3 Å². The monoisotopic (exact) mass is 410 g/mol. The molecule has 1 atom stereocenters. The maximum Gasteiger partial charge on any atom is 0.260 e. The molecule has 1 aliphatic rings. The number of hydrogen-bond donors (Lipinski definition) is 1. The molecule has 1 aliphatic carbocycles. The molecule has 0 saturated carbocycles. The Bertz CT molecular complexity index is 1060. The second-order valence-corrected chi connectivity index (χ2v) is 10.2. The number of H-pyrrole nitrogens is 1. The number of nitrogens with zero attached hydrogens (tertiary/aromatic N) is 1. The molecule has 2 aromatic heterocycles. The van der Waals surface area contributed by atoms with E-state index in [4.69, 9.17) is 9.72 Å². The number of hydrogen-bond acceptors (Lipinski definition) is 4. The largest absolute Gasteiger partial charge is 0.494 e. The molecule has 0 aliphatic heterocycles. The summed E-state index contributed by atoms with van der Waals surface area (Å²) in [5.74, 6) is 2.14. The summed E-state index contributed by atoms with van der Waals surface area (Å²) in [6.07, 6.45) is 5.34. The van der Waals surface area contributed by atoms with E-state index in [-0.39, 0.29) is 5.56 Å². The SMILES string of the molecule is CCCCOc1ccc(-c2nc3sc4c(c3c(=O)[nH]2)CCC(C(C)(C)C)C4)cc1. The second kappa shape index (κ2) is 7.94.